The number of carbonyl (C=O) groups excluding carboxylic acids is 1. The van der Waals surface area contributed by atoms with E-state index in [0.29, 0.717) is 5.69 Å². The highest BCUT2D eigenvalue weighted by atomic mass is 16.2. The first-order chi connectivity index (χ1) is 9.53. The van der Waals surface area contributed by atoms with E-state index in [0.717, 1.165) is 12.2 Å². The van der Waals surface area contributed by atoms with Gasteiger partial charge in [-0.15, -0.1) is 5.10 Å². The number of tetrazole rings is 1. The number of rotatable bonds is 5. The Morgan fingerprint density at radius 2 is 2.20 bits per heavy atom. The van der Waals surface area contributed by atoms with Gasteiger partial charge in [0, 0.05) is 5.69 Å². The first-order valence-corrected chi connectivity index (χ1v) is 6.43. The van der Waals surface area contributed by atoms with E-state index >= 15 is 0 Å². The lowest BCUT2D eigenvalue weighted by Gasteiger charge is -2.24. The van der Waals surface area contributed by atoms with Gasteiger partial charge < -0.3 is 10.6 Å². The van der Waals surface area contributed by atoms with Gasteiger partial charge in [-0.2, -0.15) is 0 Å². The average molecular weight is 274 g/mol. The lowest BCUT2D eigenvalue weighted by Crippen LogP contribution is -2.49. The molecule has 1 amide bonds. The summed E-state index contributed by atoms with van der Waals surface area (Å²) in [6, 6.07) is 7.35. The fourth-order valence-corrected chi connectivity index (χ4v) is 1.82. The van der Waals surface area contributed by atoms with Crippen molar-refractivity contribution in [3.63, 3.8) is 0 Å². The van der Waals surface area contributed by atoms with Crippen molar-refractivity contribution in [2.75, 3.05) is 11.9 Å². The van der Waals surface area contributed by atoms with Gasteiger partial charge in [0.1, 0.15) is 6.33 Å². The summed E-state index contributed by atoms with van der Waals surface area (Å²) in [4.78, 5) is 12.2. The molecule has 0 atom stereocenters. The van der Waals surface area contributed by atoms with Crippen LogP contribution in [0.25, 0.3) is 5.69 Å². The van der Waals surface area contributed by atoms with Gasteiger partial charge in [0.25, 0.3) is 0 Å². The van der Waals surface area contributed by atoms with E-state index in [4.69, 9.17) is 0 Å². The van der Waals surface area contributed by atoms with Crippen LogP contribution in [0.2, 0.25) is 0 Å². The summed E-state index contributed by atoms with van der Waals surface area (Å²) in [5.74, 6) is -0.0896. The lowest BCUT2D eigenvalue weighted by atomic mass is 10.0. The highest BCUT2D eigenvalue weighted by Gasteiger charge is 2.26. The average Bonchev–Trinajstić information content (AvgIpc) is 2.93. The van der Waals surface area contributed by atoms with Crippen molar-refractivity contribution in [2.24, 2.45) is 0 Å². The number of anilines is 1. The molecule has 0 saturated heterocycles. The molecule has 1 heterocycles. The Morgan fingerprint density at radius 3 is 2.85 bits per heavy atom. The van der Waals surface area contributed by atoms with Crippen molar-refractivity contribution in [3.8, 4) is 5.69 Å². The van der Waals surface area contributed by atoms with Crippen LogP contribution in [-0.2, 0) is 4.79 Å². The normalized spacial score (nSPS) is 11.3. The monoisotopic (exact) mass is 274 g/mol. The smallest absolute Gasteiger partial charge is 0.244 e. The minimum atomic E-state index is -0.625. The van der Waals surface area contributed by atoms with Crippen LogP contribution in [-0.4, -0.2) is 38.2 Å². The van der Waals surface area contributed by atoms with Crippen molar-refractivity contribution in [2.45, 2.75) is 26.3 Å². The van der Waals surface area contributed by atoms with Crippen LogP contribution in [0.5, 0.6) is 0 Å². The second kappa shape index (κ2) is 5.79. The first kappa shape index (κ1) is 14.1. The van der Waals surface area contributed by atoms with Crippen LogP contribution >= 0.6 is 0 Å². The highest BCUT2D eigenvalue weighted by molar-refractivity contribution is 5.97. The van der Waals surface area contributed by atoms with Gasteiger partial charge in [-0.05, 0) is 49.0 Å². The van der Waals surface area contributed by atoms with E-state index in [9.17, 15) is 4.79 Å². The third-order valence-corrected chi connectivity index (χ3v) is 2.90. The van der Waals surface area contributed by atoms with E-state index in [2.05, 4.69) is 26.2 Å². The fourth-order valence-electron chi connectivity index (χ4n) is 1.82. The molecule has 0 aliphatic rings. The van der Waals surface area contributed by atoms with Gasteiger partial charge in [-0.25, -0.2) is 4.68 Å². The van der Waals surface area contributed by atoms with Gasteiger partial charge >= 0.3 is 0 Å². The molecule has 7 heteroatoms. The fraction of sp³-hybridized carbons (Fsp3) is 0.385. The lowest BCUT2D eigenvalue weighted by molar-refractivity contribution is -0.121. The van der Waals surface area contributed by atoms with Crippen molar-refractivity contribution in [1.29, 1.82) is 0 Å². The molecule has 0 spiro atoms. The zero-order valence-corrected chi connectivity index (χ0v) is 11.8. The number of hydrogen-bond donors (Lipinski definition) is 2. The molecule has 20 heavy (non-hydrogen) atoms. The van der Waals surface area contributed by atoms with E-state index in [1.54, 1.807) is 0 Å². The molecular formula is C13H18N6O. The van der Waals surface area contributed by atoms with E-state index in [-0.39, 0.29) is 5.91 Å². The summed E-state index contributed by atoms with van der Waals surface area (Å²) in [6.07, 6.45) is 1.50. The number of aromatic nitrogens is 4. The molecule has 1 aromatic carbocycles. The van der Waals surface area contributed by atoms with Crippen LogP contribution in [0.4, 0.5) is 5.69 Å². The maximum absolute atomic E-state index is 12.2. The number of benzene rings is 1. The summed E-state index contributed by atoms with van der Waals surface area (Å²) in [6.45, 7) is 6.38. The molecule has 1 aromatic heterocycles. The van der Waals surface area contributed by atoms with E-state index < -0.39 is 5.54 Å². The molecule has 2 rings (SSSR count). The summed E-state index contributed by atoms with van der Waals surface area (Å²) in [7, 11) is 0. The molecule has 0 bridgehead atoms. The maximum Gasteiger partial charge on any atom is 0.244 e. The summed E-state index contributed by atoms with van der Waals surface area (Å²) in [5.41, 5.74) is 0.863. The van der Waals surface area contributed by atoms with Crippen LogP contribution in [0.15, 0.2) is 30.6 Å². The molecular weight excluding hydrogens is 256 g/mol. The second-order valence-electron chi connectivity index (χ2n) is 4.91. The SMILES string of the molecule is CCNC(C)(C)C(=O)Nc1cccc(-n2cnnn2)c1. The molecule has 0 fully saturated rings. The van der Waals surface area contributed by atoms with E-state index in [1.807, 2.05) is 45.0 Å². The van der Waals surface area contributed by atoms with Gasteiger partial charge in [0.05, 0.1) is 11.2 Å². The van der Waals surface area contributed by atoms with E-state index in [1.165, 1.54) is 11.0 Å². The Balaban J connectivity index is 2.14. The van der Waals surface area contributed by atoms with Crippen LogP contribution in [0, 0.1) is 0 Å². The largest absolute Gasteiger partial charge is 0.324 e. The minimum Gasteiger partial charge on any atom is -0.324 e. The topological polar surface area (TPSA) is 84.7 Å². The van der Waals surface area contributed by atoms with Crippen molar-refractivity contribution >= 4 is 11.6 Å². The maximum atomic E-state index is 12.2. The van der Waals surface area contributed by atoms with Gasteiger partial charge in [0.2, 0.25) is 5.91 Å². The molecule has 0 aliphatic carbocycles. The Morgan fingerprint density at radius 1 is 1.40 bits per heavy atom. The zero-order chi connectivity index (χ0) is 14.6. The molecule has 0 saturated carbocycles. The first-order valence-electron chi connectivity index (χ1n) is 6.43. The Hall–Kier alpha value is -2.28. The predicted octanol–water partition coefficient (Wildman–Crippen LogP) is 0.989. The molecule has 2 N–H and O–H groups in total. The molecule has 2 aromatic rings. The Labute approximate surface area is 117 Å². The van der Waals surface area contributed by atoms with Crippen molar-refractivity contribution in [1.82, 2.24) is 25.5 Å². The summed E-state index contributed by atoms with van der Waals surface area (Å²) >= 11 is 0. The third kappa shape index (κ3) is 3.18. The molecule has 0 aliphatic heterocycles. The number of nitrogens with one attached hydrogen (secondary N) is 2. The van der Waals surface area contributed by atoms with Crippen LogP contribution < -0.4 is 10.6 Å². The number of nitrogens with zero attached hydrogens (tertiary/aromatic N) is 4. The van der Waals surface area contributed by atoms with Crippen LogP contribution in [0.3, 0.4) is 0 Å². The number of hydrogen-bond acceptors (Lipinski definition) is 5. The Bertz CT molecular complexity index is 578. The van der Waals surface area contributed by atoms with Gasteiger partial charge in [-0.3, -0.25) is 4.79 Å². The van der Waals surface area contributed by atoms with Crippen LogP contribution in [0.1, 0.15) is 20.8 Å². The molecule has 0 radical (unpaired) electrons. The predicted molar refractivity (Wildman–Crippen MR) is 75.5 cm³/mol. The number of likely N-dealkylation sites (N-methyl/N-ethyl adjacent to an activating group) is 1. The van der Waals surface area contributed by atoms with Gasteiger partial charge in [-0.1, -0.05) is 13.0 Å². The third-order valence-electron chi connectivity index (χ3n) is 2.90. The summed E-state index contributed by atoms with van der Waals surface area (Å²) < 4.78 is 1.53. The molecule has 106 valence electrons. The minimum absolute atomic E-state index is 0.0896. The number of amides is 1. The summed E-state index contributed by atoms with van der Waals surface area (Å²) in [5, 5.41) is 17.0. The number of carbonyl (C=O) groups is 1. The highest BCUT2D eigenvalue weighted by Crippen LogP contribution is 2.15. The second-order valence-corrected chi connectivity index (χ2v) is 4.91. The Kier molecular flexibility index (Phi) is 4.09. The quantitative estimate of drug-likeness (QED) is 0.849. The van der Waals surface area contributed by atoms with Crippen molar-refractivity contribution in [3.05, 3.63) is 30.6 Å². The zero-order valence-electron chi connectivity index (χ0n) is 11.8. The molecule has 0 unspecified atom stereocenters. The molecule has 7 nitrogen and oxygen atoms in total. The standard InChI is InChI=1S/C13H18N6O/c1-4-14-13(2,3)12(20)16-10-6-5-7-11(8-10)19-9-15-17-18-19/h5-9,14H,4H2,1-3H3,(H,16,20). The van der Waals surface area contributed by atoms with Gasteiger partial charge in [0.15, 0.2) is 0 Å². The van der Waals surface area contributed by atoms with Crippen molar-refractivity contribution < 1.29 is 4.79 Å².